The number of benzene rings is 2. The number of ether oxygens (including phenoxy) is 1. The van der Waals surface area contributed by atoms with Crippen LogP contribution in [0.1, 0.15) is 17.3 Å². The van der Waals surface area contributed by atoms with Crippen LogP contribution in [0, 0.1) is 10.1 Å². The van der Waals surface area contributed by atoms with Gasteiger partial charge in [0, 0.05) is 30.3 Å². The van der Waals surface area contributed by atoms with Crippen molar-refractivity contribution < 1.29 is 19.2 Å². The first kappa shape index (κ1) is 16.0. The smallest absolute Gasteiger partial charge is 0.312 e. The molecule has 8 heteroatoms. The fourth-order valence-electron chi connectivity index (χ4n) is 1.87. The second-order valence-corrected chi connectivity index (χ2v) is 4.61. The van der Waals surface area contributed by atoms with Crippen molar-refractivity contribution in [3.8, 4) is 11.5 Å². The van der Waals surface area contributed by atoms with Crippen molar-refractivity contribution in [3.05, 3.63) is 58.1 Å². The van der Waals surface area contributed by atoms with E-state index in [2.05, 4.69) is 5.32 Å². The van der Waals surface area contributed by atoms with Crippen LogP contribution in [0.5, 0.6) is 11.5 Å². The summed E-state index contributed by atoms with van der Waals surface area (Å²) < 4.78 is 5.48. The summed E-state index contributed by atoms with van der Waals surface area (Å²) in [5, 5.41) is 13.7. The van der Waals surface area contributed by atoms with Crippen molar-refractivity contribution in [2.24, 2.45) is 5.73 Å². The summed E-state index contributed by atoms with van der Waals surface area (Å²) in [7, 11) is 0. The van der Waals surface area contributed by atoms with E-state index in [1.807, 2.05) is 0 Å². The summed E-state index contributed by atoms with van der Waals surface area (Å²) >= 11 is 0. The van der Waals surface area contributed by atoms with E-state index >= 15 is 0 Å². The molecule has 2 rings (SSSR count). The number of nitro groups is 1. The number of nitrogens with one attached hydrogen (secondary N) is 1. The molecule has 0 saturated carbocycles. The lowest BCUT2D eigenvalue weighted by Crippen LogP contribution is -2.11. The van der Waals surface area contributed by atoms with Gasteiger partial charge in [0.1, 0.15) is 5.75 Å². The molecular weight excluding hydrogens is 302 g/mol. The van der Waals surface area contributed by atoms with Gasteiger partial charge in [-0.15, -0.1) is 0 Å². The van der Waals surface area contributed by atoms with Crippen LogP contribution in [0.4, 0.5) is 11.4 Å². The second kappa shape index (κ2) is 6.56. The molecule has 2 aromatic rings. The number of amides is 2. The fourth-order valence-corrected chi connectivity index (χ4v) is 1.87. The number of nitro benzene ring substituents is 1. The van der Waals surface area contributed by atoms with Crippen LogP contribution in [0.3, 0.4) is 0 Å². The molecule has 23 heavy (non-hydrogen) atoms. The molecule has 8 nitrogen and oxygen atoms in total. The van der Waals surface area contributed by atoms with Gasteiger partial charge in [0.2, 0.25) is 17.6 Å². The zero-order chi connectivity index (χ0) is 17.0. The van der Waals surface area contributed by atoms with Gasteiger partial charge in [-0.1, -0.05) is 6.07 Å². The Bertz CT molecular complexity index is 788. The molecule has 118 valence electrons. The van der Waals surface area contributed by atoms with Gasteiger partial charge >= 0.3 is 5.69 Å². The second-order valence-electron chi connectivity index (χ2n) is 4.61. The topological polar surface area (TPSA) is 125 Å². The maximum atomic E-state index is 11.1. The Labute approximate surface area is 131 Å². The molecule has 0 fully saturated rings. The number of rotatable bonds is 5. The van der Waals surface area contributed by atoms with Crippen molar-refractivity contribution in [3.63, 3.8) is 0 Å². The Hall–Kier alpha value is -3.42. The average Bonchev–Trinajstić information content (AvgIpc) is 2.46. The average molecular weight is 315 g/mol. The molecule has 0 radical (unpaired) electrons. The van der Waals surface area contributed by atoms with Crippen LogP contribution in [0.15, 0.2) is 42.5 Å². The number of carbonyl (C=O) groups excluding carboxylic acids is 2. The maximum absolute atomic E-state index is 11.1. The van der Waals surface area contributed by atoms with Gasteiger partial charge in [-0.25, -0.2) is 0 Å². The molecule has 0 unspecified atom stereocenters. The number of carbonyl (C=O) groups is 2. The quantitative estimate of drug-likeness (QED) is 0.647. The summed E-state index contributed by atoms with van der Waals surface area (Å²) in [5.74, 6) is -0.766. The lowest BCUT2D eigenvalue weighted by molar-refractivity contribution is -0.385. The Morgan fingerprint density at radius 1 is 1.22 bits per heavy atom. The third-order valence-corrected chi connectivity index (χ3v) is 2.82. The van der Waals surface area contributed by atoms with Gasteiger partial charge in [-0.3, -0.25) is 19.7 Å². The first-order valence-electron chi connectivity index (χ1n) is 6.50. The Kier molecular flexibility index (Phi) is 4.55. The molecular formula is C15H13N3O5. The maximum Gasteiger partial charge on any atom is 0.312 e. The molecule has 0 spiro atoms. The summed E-state index contributed by atoms with van der Waals surface area (Å²) in [6.45, 7) is 1.36. The summed E-state index contributed by atoms with van der Waals surface area (Å²) in [6.07, 6.45) is 0. The van der Waals surface area contributed by atoms with E-state index in [9.17, 15) is 19.7 Å². The van der Waals surface area contributed by atoms with Crippen molar-refractivity contribution in [2.75, 3.05) is 5.32 Å². The third kappa shape index (κ3) is 4.03. The van der Waals surface area contributed by atoms with Gasteiger partial charge in [-0.05, 0) is 24.3 Å². The number of anilines is 1. The highest BCUT2D eigenvalue weighted by molar-refractivity contribution is 5.93. The van der Waals surface area contributed by atoms with Gasteiger partial charge in [-0.2, -0.15) is 0 Å². The molecule has 2 amide bonds. The zero-order valence-electron chi connectivity index (χ0n) is 12.1. The predicted octanol–water partition coefficient (Wildman–Crippen LogP) is 2.44. The largest absolute Gasteiger partial charge is 0.450 e. The lowest BCUT2D eigenvalue weighted by atomic mass is 10.2. The Morgan fingerprint density at radius 2 is 1.96 bits per heavy atom. The van der Waals surface area contributed by atoms with Crippen LogP contribution < -0.4 is 15.8 Å². The van der Waals surface area contributed by atoms with Crippen LogP contribution in [-0.4, -0.2) is 16.7 Å². The molecule has 2 aromatic carbocycles. The Morgan fingerprint density at radius 3 is 2.57 bits per heavy atom. The number of primary amides is 1. The summed E-state index contributed by atoms with van der Waals surface area (Å²) in [6, 6.07) is 10.1. The molecule has 0 aliphatic heterocycles. The van der Waals surface area contributed by atoms with E-state index in [0.29, 0.717) is 11.4 Å². The minimum atomic E-state index is -0.771. The van der Waals surface area contributed by atoms with Crippen molar-refractivity contribution >= 4 is 23.2 Å². The highest BCUT2D eigenvalue weighted by Crippen LogP contribution is 2.33. The monoisotopic (exact) mass is 315 g/mol. The van der Waals surface area contributed by atoms with E-state index in [-0.39, 0.29) is 22.9 Å². The molecule has 0 bridgehead atoms. The molecule has 0 aliphatic carbocycles. The van der Waals surface area contributed by atoms with Crippen LogP contribution in [0.2, 0.25) is 0 Å². The highest BCUT2D eigenvalue weighted by Gasteiger charge is 2.18. The van der Waals surface area contributed by atoms with Crippen LogP contribution >= 0.6 is 0 Å². The number of hydrogen-bond acceptors (Lipinski definition) is 5. The summed E-state index contributed by atoms with van der Waals surface area (Å²) in [4.78, 5) is 32.6. The minimum absolute atomic E-state index is 0.0102. The normalized spacial score (nSPS) is 9.96. The minimum Gasteiger partial charge on any atom is -0.450 e. The van der Waals surface area contributed by atoms with Crippen LogP contribution in [-0.2, 0) is 4.79 Å². The van der Waals surface area contributed by atoms with E-state index < -0.39 is 10.8 Å². The van der Waals surface area contributed by atoms with Gasteiger partial charge in [0.25, 0.3) is 0 Å². The standard InChI is InChI=1S/C15H13N3O5/c1-9(19)17-11-3-2-4-12(8-11)23-14-6-5-10(15(16)20)7-13(14)18(21)22/h2-8H,1H3,(H2,16,20)(H,17,19). The first-order chi connectivity index (χ1) is 10.9. The fraction of sp³-hybridized carbons (Fsp3) is 0.0667. The van der Waals surface area contributed by atoms with E-state index in [4.69, 9.17) is 10.5 Å². The zero-order valence-corrected chi connectivity index (χ0v) is 12.1. The first-order valence-corrected chi connectivity index (χ1v) is 6.50. The number of hydrogen-bond donors (Lipinski definition) is 2. The molecule has 0 aliphatic rings. The Balaban J connectivity index is 2.34. The molecule has 3 N–H and O–H groups in total. The van der Waals surface area contributed by atoms with E-state index in [1.165, 1.54) is 25.1 Å². The third-order valence-electron chi connectivity index (χ3n) is 2.82. The van der Waals surface area contributed by atoms with Crippen molar-refractivity contribution in [2.45, 2.75) is 6.92 Å². The van der Waals surface area contributed by atoms with Gasteiger partial charge < -0.3 is 15.8 Å². The predicted molar refractivity (Wildman–Crippen MR) is 82.4 cm³/mol. The molecule has 0 heterocycles. The van der Waals surface area contributed by atoms with Crippen molar-refractivity contribution in [1.29, 1.82) is 0 Å². The van der Waals surface area contributed by atoms with E-state index in [0.717, 1.165) is 6.07 Å². The molecule has 0 aromatic heterocycles. The molecule has 0 saturated heterocycles. The van der Waals surface area contributed by atoms with Gasteiger partial charge in [0.15, 0.2) is 0 Å². The van der Waals surface area contributed by atoms with Crippen LogP contribution in [0.25, 0.3) is 0 Å². The van der Waals surface area contributed by atoms with E-state index in [1.54, 1.807) is 18.2 Å². The SMILES string of the molecule is CC(=O)Nc1cccc(Oc2ccc(C(N)=O)cc2[N+](=O)[O-])c1. The number of nitrogens with zero attached hydrogens (tertiary/aromatic N) is 1. The number of nitrogens with two attached hydrogens (primary N) is 1. The lowest BCUT2D eigenvalue weighted by Gasteiger charge is -2.09. The summed E-state index contributed by atoms with van der Waals surface area (Å²) in [5.41, 5.74) is 5.23. The van der Waals surface area contributed by atoms with Crippen molar-refractivity contribution in [1.82, 2.24) is 0 Å². The molecule has 0 atom stereocenters. The highest BCUT2D eigenvalue weighted by atomic mass is 16.6. The van der Waals surface area contributed by atoms with Gasteiger partial charge in [0.05, 0.1) is 4.92 Å².